The Morgan fingerprint density at radius 3 is 2.04 bits per heavy atom. The van der Waals surface area contributed by atoms with Gasteiger partial charge in [0.05, 0.1) is 6.42 Å². The largest absolute Gasteiger partial charge is 0.326 e. The molecule has 0 unspecified atom stereocenters. The molecule has 0 bridgehead atoms. The lowest BCUT2D eigenvalue weighted by molar-refractivity contribution is -0.115. The van der Waals surface area contributed by atoms with Crippen molar-refractivity contribution in [2.45, 2.75) is 58.8 Å². The molecule has 0 saturated carbocycles. The van der Waals surface area contributed by atoms with E-state index in [4.69, 9.17) is 0 Å². The molecule has 1 aromatic carbocycles. The van der Waals surface area contributed by atoms with Gasteiger partial charge < -0.3 is 5.32 Å². The van der Waals surface area contributed by atoms with Gasteiger partial charge in [0.1, 0.15) is 0 Å². The fraction of sp³-hybridized carbons (Fsp3) is 0.529. The minimum atomic E-state index is -0.155. The number of amides is 1. The van der Waals surface area contributed by atoms with Crippen LogP contribution >= 0.6 is 0 Å². The molecule has 2 N–H and O–H groups in total. The molecule has 0 aliphatic rings. The van der Waals surface area contributed by atoms with E-state index in [-0.39, 0.29) is 23.2 Å². The first kappa shape index (κ1) is 17.1. The zero-order valence-electron chi connectivity index (χ0n) is 14.7. The average molecular weight is 315 g/mol. The molecule has 2 rings (SSSR count). The zero-order valence-corrected chi connectivity index (χ0v) is 14.7. The molecule has 0 radical (unpaired) electrons. The van der Waals surface area contributed by atoms with E-state index in [0.717, 1.165) is 5.69 Å². The number of carbonyl (C=O) groups is 1. The summed E-state index contributed by atoms with van der Waals surface area (Å²) in [6, 6.07) is 6.28. The number of rotatable bonds is 3. The summed E-state index contributed by atoms with van der Waals surface area (Å²) >= 11 is 0. The average Bonchev–Trinajstić information content (AvgIpc) is 2.88. The summed E-state index contributed by atoms with van der Waals surface area (Å²) in [6.07, 6.45) is 0.0983. The Hall–Kier alpha value is -2.24. The predicted octanol–water partition coefficient (Wildman–Crippen LogP) is 2.98. The Morgan fingerprint density at radius 1 is 1.04 bits per heavy atom. The molecule has 0 atom stereocenters. The van der Waals surface area contributed by atoms with Crippen molar-refractivity contribution in [2.75, 3.05) is 5.32 Å². The number of aromatic amines is 1. The fourth-order valence-electron chi connectivity index (χ4n) is 2.17. The van der Waals surface area contributed by atoms with Gasteiger partial charge in [0.2, 0.25) is 5.91 Å². The summed E-state index contributed by atoms with van der Waals surface area (Å²) in [5.74, 6) is 0.225. The van der Waals surface area contributed by atoms with E-state index >= 15 is 0 Å². The summed E-state index contributed by atoms with van der Waals surface area (Å²) < 4.78 is 0. The Balaban J connectivity index is 2.28. The molecule has 0 aliphatic carbocycles. The number of carbonyl (C=O) groups excluding carboxylic acids is 1. The number of nitrogens with one attached hydrogen (secondary N) is 2. The van der Waals surface area contributed by atoms with E-state index in [1.807, 2.05) is 12.1 Å². The SMILES string of the molecule is CC(C)(C)c1cc(NC(=O)Cc2nn[nH]n2)cc(C(C)(C)C)c1. The molecule has 0 aliphatic heterocycles. The number of H-pyrrole nitrogens is 1. The molecule has 1 amide bonds. The van der Waals surface area contributed by atoms with Crippen molar-refractivity contribution >= 4 is 11.6 Å². The van der Waals surface area contributed by atoms with Gasteiger partial charge in [0.15, 0.2) is 5.82 Å². The third kappa shape index (κ3) is 4.61. The van der Waals surface area contributed by atoms with Crippen molar-refractivity contribution in [3.8, 4) is 0 Å². The maximum atomic E-state index is 12.2. The van der Waals surface area contributed by atoms with Crippen LogP contribution in [0.4, 0.5) is 5.69 Å². The molecular weight excluding hydrogens is 290 g/mol. The number of benzene rings is 1. The van der Waals surface area contributed by atoms with Gasteiger partial charge in [-0.05, 0) is 34.1 Å². The number of anilines is 1. The molecule has 0 saturated heterocycles. The van der Waals surface area contributed by atoms with Crippen molar-refractivity contribution in [1.82, 2.24) is 20.6 Å². The van der Waals surface area contributed by atoms with E-state index in [9.17, 15) is 4.79 Å². The van der Waals surface area contributed by atoms with Crippen LogP contribution in [0.5, 0.6) is 0 Å². The van der Waals surface area contributed by atoms with Crippen LogP contribution in [-0.2, 0) is 22.0 Å². The van der Waals surface area contributed by atoms with Crippen molar-refractivity contribution in [2.24, 2.45) is 0 Å². The Kier molecular flexibility index (Phi) is 4.54. The molecule has 1 heterocycles. The van der Waals surface area contributed by atoms with Gasteiger partial charge in [-0.15, -0.1) is 10.2 Å². The third-order valence-corrected chi connectivity index (χ3v) is 3.66. The monoisotopic (exact) mass is 315 g/mol. The predicted molar refractivity (Wildman–Crippen MR) is 90.4 cm³/mol. The molecule has 124 valence electrons. The Bertz CT molecular complexity index is 646. The maximum Gasteiger partial charge on any atom is 0.232 e. The summed E-state index contributed by atoms with van der Waals surface area (Å²) in [5.41, 5.74) is 3.21. The second kappa shape index (κ2) is 6.10. The zero-order chi connectivity index (χ0) is 17.3. The minimum Gasteiger partial charge on any atom is -0.326 e. The quantitative estimate of drug-likeness (QED) is 0.912. The molecule has 23 heavy (non-hydrogen) atoms. The fourth-order valence-corrected chi connectivity index (χ4v) is 2.17. The van der Waals surface area contributed by atoms with Crippen LogP contribution in [0.1, 0.15) is 58.5 Å². The highest BCUT2D eigenvalue weighted by Crippen LogP contribution is 2.32. The van der Waals surface area contributed by atoms with Crippen LogP contribution in [0.3, 0.4) is 0 Å². The van der Waals surface area contributed by atoms with E-state index in [0.29, 0.717) is 5.82 Å². The third-order valence-electron chi connectivity index (χ3n) is 3.66. The number of nitrogens with zero attached hydrogens (tertiary/aromatic N) is 3. The van der Waals surface area contributed by atoms with Gasteiger partial charge in [-0.2, -0.15) is 5.21 Å². The first-order valence-electron chi connectivity index (χ1n) is 7.74. The van der Waals surface area contributed by atoms with Crippen LogP contribution in [0.15, 0.2) is 18.2 Å². The summed E-state index contributed by atoms with van der Waals surface area (Å²) in [4.78, 5) is 12.2. The van der Waals surface area contributed by atoms with Crippen LogP contribution in [0.25, 0.3) is 0 Å². The molecule has 6 nitrogen and oxygen atoms in total. The second-order valence-electron chi connectivity index (χ2n) is 7.85. The molecule has 6 heteroatoms. The molecule has 1 aromatic heterocycles. The van der Waals surface area contributed by atoms with Gasteiger partial charge >= 0.3 is 0 Å². The smallest absolute Gasteiger partial charge is 0.232 e. The summed E-state index contributed by atoms with van der Waals surface area (Å²) in [6.45, 7) is 13.0. The standard InChI is InChI=1S/C17H25N5O/c1-16(2,3)11-7-12(17(4,5)6)9-13(8-11)18-15(23)10-14-19-21-22-20-14/h7-9H,10H2,1-6H3,(H,18,23)(H,19,20,21,22). The normalized spacial score (nSPS) is 12.3. The molecule has 0 spiro atoms. The second-order valence-corrected chi connectivity index (χ2v) is 7.85. The first-order valence-corrected chi connectivity index (χ1v) is 7.74. The first-order chi connectivity index (χ1) is 10.6. The van der Waals surface area contributed by atoms with E-state index in [1.165, 1.54) is 11.1 Å². The lowest BCUT2D eigenvalue weighted by atomic mass is 9.80. The van der Waals surface area contributed by atoms with Crippen LogP contribution in [0.2, 0.25) is 0 Å². The lowest BCUT2D eigenvalue weighted by Crippen LogP contribution is -2.20. The number of tetrazole rings is 1. The number of hydrogen-bond donors (Lipinski definition) is 2. The van der Waals surface area contributed by atoms with Crippen LogP contribution in [-0.4, -0.2) is 26.5 Å². The van der Waals surface area contributed by atoms with Crippen molar-refractivity contribution < 1.29 is 4.79 Å². The van der Waals surface area contributed by atoms with Crippen molar-refractivity contribution in [3.05, 3.63) is 35.2 Å². The minimum absolute atomic E-state index is 0.00834. The van der Waals surface area contributed by atoms with Crippen LogP contribution < -0.4 is 5.32 Å². The Labute approximate surface area is 137 Å². The van der Waals surface area contributed by atoms with Crippen molar-refractivity contribution in [3.63, 3.8) is 0 Å². The summed E-state index contributed by atoms with van der Waals surface area (Å²) in [7, 11) is 0. The maximum absolute atomic E-state index is 12.2. The highest BCUT2D eigenvalue weighted by molar-refractivity contribution is 5.92. The molecule has 0 fully saturated rings. The molecule has 2 aromatic rings. The van der Waals surface area contributed by atoms with Gasteiger partial charge in [0.25, 0.3) is 0 Å². The van der Waals surface area contributed by atoms with Gasteiger partial charge in [-0.3, -0.25) is 4.79 Å². The van der Waals surface area contributed by atoms with E-state index in [2.05, 4.69) is 73.5 Å². The Morgan fingerprint density at radius 2 is 1.61 bits per heavy atom. The molecular formula is C17H25N5O. The summed E-state index contributed by atoms with van der Waals surface area (Å²) in [5, 5.41) is 16.4. The van der Waals surface area contributed by atoms with Gasteiger partial charge in [-0.1, -0.05) is 52.8 Å². The number of aromatic nitrogens is 4. The van der Waals surface area contributed by atoms with Gasteiger partial charge in [-0.25, -0.2) is 0 Å². The number of hydrogen-bond acceptors (Lipinski definition) is 4. The van der Waals surface area contributed by atoms with E-state index in [1.54, 1.807) is 0 Å². The topological polar surface area (TPSA) is 83.6 Å². The highest BCUT2D eigenvalue weighted by atomic mass is 16.1. The van der Waals surface area contributed by atoms with Gasteiger partial charge in [0, 0.05) is 5.69 Å². The van der Waals surface area contributed by atoms with E-state index < -0.39 is 0 Å². The lowest BCUT2D eigenvalue weighted by Gasteiger charge is -2.26. The van der Waals surface area contributed by atoms with Crippen LogP contribution in [0, 0.1) is 0 Å². The highest BCUT2D eigenvalue weighted by Gasteiger charge is 2.21. The van der Waals surface area contributed by atoms with Crippen molar-refractivity contribution in [1.29, 1.82) is 0 Å².